The van der Waals surface area contributed by atoms with Crippen molar-refractivity contribution in [2.45, 2.75) is 6.42 Å². The lowest BCUT2D eigenvalue weighted by atomic mass is 10.0. The number of benzene rings is 2. The van der Waals surface area contributed by atoms with Gasteiger partial charge in [0.05, 0.1) is 5.02 Å². The summed E-state index contributed by atoms with van der Waals surface area (Å²) in [6, 6.07) is 7.85. The zero-order valence-corrected chi connectivity index (χ0v) is 9.44. The van der Waals surface area contributed by atoms with E-state index in [1.807, 2.05) is 0 Å². The quantitative estimate of drug-likeness (QED) is 0.701. The second kappa shape index (κ2) is 4.80. The molecule has 0 aliphatic carbocycles. The molecule has 0 aliphatic rings. The number of rotatable bonds is 2. The van der Waals surface area contributed by atoms with Gasteiger partial charge >= 0.3 is 0 Å². The van der Waals surface area contributed by atoms with Gasteiger partial charge in [-0.3, -0.25) is 0 Å². The van der Waals surface area contributed by atoms with Gasteiger partial charge in [-0.2, -0.15) is 0 Å². The predicted octanol–water partition coefficient (Wildman–Crippen LogP) is 4.35. The van der Waals surface area contributed by atoms with Gasteiger partial charge in [0.1, 0.15) is 17.5 Å². The van der Waals surface area contributed by atoms with Gasteiger partial charge in [-0.15, -0.1) is 0 Å². The van der Waals surface area contributed by atoms with E-state index in [9.17, 15) is 13.2 Å². The minimum Gasteiger partial charge on any atom is -0.207 e. The van der Waals surface area contributed by atoms with E-state index in [1.54, 1.807) is 6.07 Å². The lowest BCUT2D eigenvalue weighted by Gasteiger charge is -2.06. The van der Waals surface area contributed by atoms with E-state index in [0.29, 0.717) is 5.56 Å². The number of hydrogen-bond donors (Lipinski definition) is 0. The highest BCUT2D eigenvalue weighted by atomic mass is 35.5. The summed E-state index contributed by atoms with van der Waals surface area (Å²) in [5, 5.41) is -0.141. The molecule has 0 fully saturated rings. The molecule has 0 unspecified atom stereocenters. The van der Waals surface area contributed by atoms with E-state index >= 15 is 0 Å². The minimum atomic E-state index is -0.795. The lowest BCUT2D eigenvalue weighted by Crippen LogP contribution is -1.98. The third-order valence-corrected chi connectivity index (χ3v) is 2.70. The van der Waals surface area contributed by atoms with Gasteiger partial charge in [0.15, 0.2) is 0 Å². The van der Waals surface area contributed by atoms with Crippen molar-refractivity contribution in [3.63, 3.8) is 0 Å². The maximum absolute atomic E-state index is 13.6. The fourth-order valence-electron chi connectivity index (χ4n) is 1.58. The minimum absolute atomic E-state index is 0.0318. The van der Waals surface area contributed by atoms with Crippen LogP contribution in [0, 0.1) is 17.5 Å². The number of halogens is 4. The molecule has 2 aromatic carbocycles. The molecule has 17 heavy (non-hydrogen) atoms. The second-order valence-corrected chi connectivity index (χ2v) is 4.04. The molecule has 0 N–H and O–H groups in total. The summed E-state index contributed by atoms with van der Waals surface area (Å²) in [5.41, 5.74) is 0.341. The second-order valence-electron chi connectivity index (χ2n) is 3.63. The Bertz CT molecular complexity index is 552. The molecule has 0 aliphatic heterocycles. The van der Waals surface area contributed by atoms with E-state index in [-0.39, 0.29) is 17.0 Å². The van der Waals surface area contributed by atoms with Crippen LogP contribution in [0.4, 0.5) is 13.2 Å². The van der Waals surface area contributed by atoms with E-state index in [0.717, 1.165) is 12.1 Å². The fraction of sp³-hybridized carbons (Fsp3) is 0.0769. The van der Waals surface area contributed by atoms with E-state index in [2.05, 4.69) is 0 Å². The fourth-order valence-corrected chi connectivity index (χ4v) is 1.76. The van der Waals surface area contributed by atoms with Crippen molar-refractivity contribution in [3.8, 4) is 0 Å². The normalized spacial score (nSPS) is 10.6. The Kier molecular flexibility index (Phi) is 3.38. The smallest absolute Gasteiger partial charge is 0.148 e. The molecule has 0 nitrogen and oxygen atoms in total. The molecule has 0 radical (unpaired) electrons. The molecule has 0 aromatic heterocycles. The molecule has 0 heterocycles. The van der Waals surface area contributed by atoms with Crippen LogP contribution in [-0.4, -0.2) is 0 Å². The van der Waals surface area contributed by atoms with Gasteiger partial charge in [0, 0.05) is 12.0 Å². The van der Waals surface area contributed by atoms with Crippen molar-refractivity contribution < 1.29 is 13.2 Å². The molecule has 0 bridgehead atoms. The Morgan fingerprint density at radius 1 is 1.00 bits per heavy atom. The van der Waals surface area contributed by atoms with Crippen LogP contribution in [0.25, 0.3) is 0 Å². The van der Waals surface area contributed by atoms with Crippen molar-refractivity contribution in [2.24, 2.45) is 0 Å². The summed E-state index contributed by atoms with van der Waals surface area (Å²) in [5.74, 6) is -1.92. The third kappa shape index (κ3) is 2.61. The van der Waals surface area contributed by atoms with Crippen molar-refractivity contribution >= 4 is 11.6 Å². The van der Waals surface area contributed by atoms with Crippen LogP contribution in [0.2, 0.25) is 5.02 Å². The van der Waals surface area contributed by atoms with Crippen LogP contribution in [-0.2, 0) is 6.42 Å². The van der Waals surface area contributed by atoms with Gasteiger partial charge in [-0.25, -0.2) is 13.2 Å². The highest BCUT2D eigenvalue weighted by Gasteiger charge is 2.13. The Balaban J connectivity index is 2.39. The zero-order chi connectivity index (χ0) is 12.4. The lowest BCUT2D eigenvalue weighted by molar-refractivity contribution is 0.561. The standard InChI is InChI=1S/C13H8ClF3/c14-11-4-5-12(16)10(13(11)17)7-8-2-1-3-9(15)6-8/h1-6H,7H2. The Hall–Kier alpha value is -1.48. The van der Waals surface area contributed by atoms with Crippen molar-refractivity contribution in [1.29, 1.82) is 0 Å². The summed E-state index contributed by atoms with van der Waals surface area (Å²) in [6.45, 7) is 0. The first kappa shape index (κ1) is 12.0. The van der Waals surface area contributed by atoms with E-state index in [4.69, 9.17) is 11.6 Å². The van der Waals surface area contributed by atoms with Crippen molar-refractivity contribution in [2.75, 3.05) is 0 Å². The SMILES string of the molecule is Fc1cccc(Cc2c(F)ccc(Cl)c2F)c1. The maximum atomic E-state index is 13.6. The average molecular weight is 257 g/mol. The van der Waals surface area contributed by atoms with Crippen LogP contribution >= 0.6 is 11.6 Å². The van der Waals surface area contributed by atoms with Crippen LogP contribution in [0.3, 0.4) is 0 Å². The summed E-state index contributed by atoms with van der Waals surface area (Å²) < 4.78 is 39.9. The van der Waals surface area contributed by atoms with Crippen LogP contribution < -0.4 is 0 Å². The summed E-state index contributed by atoms with van der Waals surface area (Å²) in [7, 11) is 0. The van der Waals surface area contributed by atoms with Crippen LogP contribution in [0.1, 0.15) is 11.1 Å². The van der Waals surface area contributed by atoms with Gasteiger partial charge in [0.25, 0.3) is 0 Å². The van der Waals surface area contributed by atoms with E-state index in [1.165, 1.54) is 18.2 Å². The summed E-state index contributed by atoms with van der Waals surface area (Å²) >= 11 is 5.57. The molecule has 88 valence electrons. The Labute approximate surface area is 102 Å². The first-order chi connectivity index (χ1) is 8.08. The van der Waals surface area contributed by atoms with Crippen molar-refractivity contribution in [3.05, 3.63) is 70.0 Å². The third-order valence-electron chi connectivity index (χ3n) is 2.41. The van der Waals surface area contributed by atoms with E-state index < -0.39 is 17.5 Å². The monoisotopic (exact) mass is 256 g/mol. The topological polar surface area (TPSA) is 0 Å². The summed E-state index contributed by atoms with van der Waals surface area (Å²) in [6.07, 6.45) is -0.0318. The molecular weight excluding hydrogens is 249 g/mol. The zero-order valence-electron chi connectivity index (χ0n) is 8.68. The van der Waals surface area contributed by atoms with Gasteiger partial charge in [-0.05, 0) is 29.8 Å². The molecule has 0 spiro atoms. The first-order valence-corrected chi connectivity index (χ1v) is 5.32. The van der Waals surface area contributed by atoms with Crippen LogP contribution in [0.5, 0.6) is 0 Å². The van der Waals surface area contributed by atoms with Crippen LogP contribution in [0.15, 0.2) is 36.4 Å². The van der Waals surface area contributed by atoms with Gasteiger partial charge in [-0.1, -0.05) is 23.7 Å². The molecule has 0 amide bonds. The maximum Gasteiger partial charge on any atom is 0.148 e. The average Bonchev–Trinajstić information content (AvgIpc) is 2.30. The molecule has 2 aromatic rings. The molecule has 2 rings (SSSR count). The molecule has 0 atom stereocenters. The number of hydrogen-bond acceptors (Lipinski definition) is 0. The predicted molar refractivity (Wildman–Crippen MR) is 60.6 cm³/mol. The Morgan fingerprint density at radius 3 is 2.47 bits per heavy atom. The van der Waals surface area contributed by atoms with Crippen molar-refractivity contribution in [1.82, 2.24) is 0 Å². The molecule has 4 heteroatoms. The molecular formula is C13H8ClF3. The largest absolute Gasteiger partial charge is 0.207 e. The highest BCUT2D eigenvalue weighted by Crippen LogP contribution is 2.23. The van der Waals surface area contributed by atoms with Gasteiger partial charge in [0.2, 0.25) is 0 Å². The molecule has 0 saturated carbocycles. The highest BCUT2D eigenvalue weighted by molar-refractivity contribution is 6.30. The van der Waals surface area contributed by atoms with Gasteiger partial charge < -0.3 is 0 Å². The summed E-state index contributed by atoms with van der Waals surface area (Å²) in [4.78, 5) is 0. The Morgan fingerprint density at radius 2 is 1.76 bits per heavy atom. The molecule has 0 saturated heterocycles. The first-order valence-electron chi connectivity index (χ1n) is 4.95.